The Morgan fingerprint density at radius 1 is 1.17 bits per heavy atom. The number of rotatable bonds is 3. The number of piperidine rings is 1. The summed E-state index contributed by atoms with van der Waals surface area (Å²) in [6, 6.07) is 4.27. The summed E-state index contributed by atoms with van der Waals surface area (Å²) in [6.07, 6.45) is 1.52. The van der Waals surface area contributed by atoms with Crippen molar-refractivity contribution in [2.24, 2.45) is 11.8 Å². The maximum absolute atomic E-state index is 12.0. The molecule has 1 unspecified atom stereocenters. The molecular formula is C21H32BN3O4. The van der Waals surface area contributed by atoms with Gasteiger partial charge in [0.15, 0.2) is 0 Å². The van der Waals surface area contributed by atoms with Crippen molar-refractivity contribution in [1.29, 1.82) is 0 Å². The molecule has 3 heterocycles. The molecule has 1 aliphatic carbocycles. The van der Waals surface area contributed by atoms with Gasteiger partial charge in [0.1, 0.15) is 11.4 Å². The Hall–Kier alpha value is -1.80. The second-order valence-electron chi connectivity index (χ2n) is 10.4. The van der Waals surface area contributed by atoms with E-state index in [1.54, 1.807) is 0 Å². The Morgan fingerprint density at radius 3 is 2.24 bits per heavy atom. The third kappa shape index (κ3) is 3.97. The number of aromatic nitrogens is 1. The van der Waals surface area contributed by atoms with Gasteiger partial charge in [0, 0.05) is 42.6 Å². The van der Waals surface area contributed by atoms with E-state index >= 15 is 0 Å². The van der Waals surface area contributed by atoms with Crippen LogP contribution in [0.5, 0.6) is 0 Å². The molecule has 1 N–H and O–H groups in total. The molecule has 158 valence electrons. The lowest BCUT2D eigenvalue weighted by Crippen LogP contribution is -2.41. The Kier molecular flexibility index (Phi) is 4.66. The minimum absolute atomic E-state index is 0.213. The Balaban J connectivity index is 1.31. The molecule has 29 heavy (non-hydrogen) atoms. The molecule has 1 aromatic heterocycles. The number of hydrogen-bond acceptors (Lipinski definition) is 6. The number of hydrogen-bond donors (Lipinski definition) is 1. The first-order valence-corrected chi connectivity index (χ1v) is 10.4. The number of amides is 1. The molecule has 3 atom stereocenters. The highest BCUT2D eigenvalue weighted by Crippen LogP contribution is 2.46. The van der Waals surface area contributed by atoms with Gasteiger partial charge in [0.05, 0.1) is 11.2 Å². The number of nitrogens with one attached hydrogen (secondary N) is 1. The molecule has 7 nitrogen and oxygen atoms in total. The molecule has 1 saturated carbocycles. The van der Waals surface area contributed by atoms with E-state index in [1.807, 2.05) is 66.8 Å². The number of carbonyl (C=O) groups excluding carboxylic acids is 1. The van der Waals surface area contributed by atoms with Crippen LogP contribution in [0.15, 0.2) is 18.3 Å². The van der Waals surface area contributed by atoms with E-state index in [-0.39, 0.29) is 23.3 Å². The minimum atomic E-state index is -0.469. The first kappa shape index (κ1) is 20.5. The van der Waals surface area contributed by atoms with Gasteiger partial charge in [0.25, 0.3) is 0 Å². The van der Waals surface area contributed by atoms with Crippen molar-refractivity contribution in [3.05, 3.63) is 18.3 Å². The van der Waals surface area contributed by atoms with Gasteiger partial charge < -0.3 is 24.3 Å². The Bertz CT molecular complexity index is 762. The number of carbonyl (C=O) groups is 1. The van der Waals surface area contributed by atoms with E-state index in [0.29, 0.717) is 11.8 Å². The maximum atomic E-state index is 12.0. The summed E-state index contributed by atoms with van der Waals surface area (Å²) in [5.41, 5.74) is -0.254. The van der Waals surface area contributed by atoms with Crippen molar-refractivity contribution in [2.75, 3.05) is 18.0 Å². The molecule has 2 saturated heterocycles. The van der Waals surface area contributed by atoms with Crippen LogP contribution < -0.4 is 15.7 Å². The smallest absolute Gasteiger partial charge is 0.444 e. The quantitative estimate of drug-likeness (QED) is 0.784. The van der Waals surface area contributed by atoms with Gasteiger partial charge in [-0.2, -0.15) is 0 Å². The van der Waals surface area contributed by atoms with Crippen LogP contribution >= 0.6 is 0 Å². The Labute approximate surface area is 173 Å². The number of nitrogens with zero attached hydrogens (tertiary/aromatic N) is 2. The van der Waals surface area contributed by atoms with Crippen molar-refractivity contribution in [3.8, 4) is 0 Å². The van der Waals surface area contributed by atoms with Gasteiger partial charge in [0.2, 0.25) is 0 Å². The fraction of sp³-hybridized carbons (Fsp3) is 0.714. The number of pyridine rings is 1. The third-order valence-electron chi connectivity index (χ3n) is 6.50. The number of ether oxygens (including phenoxy) is 1. The molecule has 0 radical (unpaired) electrons. The van der Waals surface area contributed by atoms with Crippen molar-refractivity contribution in [1.82, 2.24) is 10.3 Å². The third-order valence-corrected chi connectivity index (χ3v) is 6.50. The second-order valence-corrected chi connectivity index (χ2v) is 10.4. The van der Waals surface area contributed by atoms with Crippen LogP contribution in [0.25, 0.3) is 0 Å². The van der Waals surface area contributed by atoms with Crippen LogP contribution in [0.4, 0.5) is 10.6 Å². The zero-order valence-electron chi connectivity index (χ0n) is 18.5. The normalized spacial score (nSPS) is 29.6. The molecule has 8 heteroatoms. The van der Waals surface area contributed by atoms with E-state index in [0.717, 1.165) is 24.4 Å². The van der Waals surface area contributed by atoms with Gasteiger partial charge in [-0.3, -0.25) is 0 Å². The van der Waals surface area contributed by atoms with Crippen molar-refractivity contribution < 1.29 is 18.8 Å². The number of alkyl carbamates (subject to hydrolysis) is 1. The lowest BCUT2D eigenvalue weighted by Gasteiger charge is -2.32. The summed E-state index contributed by atoms with van der Waals surface area (Å²) in [5.74, 6) is 1.88. The van der Waals surface area contributed by atoms with Crippen LogP contribution in [0, 0.1) is 11.8 Å². The Morgan fingerprint density at radius 2 is 1.76 bits per heavy atom. The molecule has 0 bridgehead atoms. The predicted octanol–water partition coefficient (Wildman–Crippen LogP) is 2.34. The molecule has 1 aromatic rings. The SMILES string of the molecule is CC(C)(C)OC(=O)NC1[C@H]2CN(c3ccc(B4OC(C)(C)C(C)(C)O4)cn3)C[C@@H]12. The highest BCUT2D eigenvalue weighted by atomic mass is 16.7. The summed E-state index contributed by atoms with van der Waals surface area (Å²) < 4.78 is 17.6. The minimum Gasteiger partial charge on any atom is -0.444 e. The average Bonchev–Trinajstić information content (AvgIpc) is 2.94. The molecule has 1 amide bonds. The molecule has 3 fully saturated rings. The summed E-state index contributed by atoms with van der Waals surface area (Å²) in [7, 11) is -0.393. The lowest BCUT2D eigenvalue weighted by atomic mass is 9.80. The summed E-state index contributed by atoms with van der Waals surface area (Å²) in [5, 5.41) is 3.00. The molecule has 2 aliphatic heterocycles. The van der Waals surface area contributed by atoms with Crippen molar-refractivity contribution in [2.45, 2.75) is 71.3 Å². The zero-order valence-corrected chi connectivity index (χ0v) is 18.5. The van der Waals surface area contributed by atoms with Gasteiger partial charge in [-0.15, -0.1) is 0 Å². The first-order valence-electron chi connectivity index (χ1n) is 10.4. The largest absolute Gasteiger partial charge is 0.496 e. The fourth-order valence-corrected chi connectivity index (χ4v) is 4.07. The van der Waals surface area contributed by atoms with Gasteiger partial charge in [-0.1, -0.05) is 6.07 Å². The summed E-state index contributed by atoms with van der Waals surface area (Å²) in [4.78, 5) is 18.9. The summed E-state index contributed by atoms with van der Waals surface area (Å²) >= 11 is 0. The molecule has 3 aliphatic rings. The van der Waals surface area contributed by atoms with E-state index in [1.165, 1.54) is 0 Å². The number of anilines is 1. The van der Waals surface area contributed by atoms with E-state index < -0.39 is 12.7 Å². The number of fused-ring (bicyclic) bond motifs is 1. The van der Waals surface area contributed by atoms with Crippen LogP contribution in [0.1, 0.15) is 48.5 Å². The molecule has 0 spiro atoms. The van der Waals surface area contributed by atoms with Gasteiger partial charge >= 0.3 is 13.2 Å². The zero-order chi connectivity index (χ0) is 21.2. The standard InChI is InChI=1S/C21H32BN3O4/c1-19(2,3)27-18(26)24-17-14-11-25(12-15(14)17)16-9-8-13(10-23-16)22-28-20(4,5)21(6,7)29-22/h8-10,14-15,17H,11-12H2,1-7H3,(H,24,26)/t14-,15+,17?. The fourth-order valence-electron chi connectivity index (χ4n) is 4.07. The topological polar surface area (TPSA) is 72.9 Å². The summed E-state index contributed by atoms with van der Waals surface area (Å²) in [6.45, 7) is 15.6. The lowest BCUT2D eigenvalue weighted by molar-refractivity contribution is 0.00578. The van der Waals surface area contributed by atoms with Crippen LogP contribution in [-0.2, 0) is 14.0 Å². The van der Waals surface area contributed by atoms with E-state index in [2.05, 4.69) is 15.2 Å². The van der Waals surface area contributed by atoms with Gasteiger partial charge in [-0.25, -0.2) is 9.78 Å². The predicted molar refractivity (Wildman–Crippen MR) is 112 cm³/mol. The highest BCUT2D eigenvalue weighted by molar-refractivity contribution is 6.62. The van der Waals surface area contributed by atoms with E-state index in [9.17, 15) is 4.79 Å². The van der Waals surface area contributed by atoms with Crippen molar-refractivity contribution >= 4 is 24.5 Å². The van der Waals surface area contributed by atoms with E-state index in [4.69, 9.17) is 14.0 Å². The maximum Gasteiger partial charge on any atom is 0.496 e. The van der Waals surface area contributed by atoms with Gasteiger partial charge in [-0.05, 0) is 54.5 Å². The first-order chi connectivity index (χ1) is 13.4. The van der Waals surface area contributed by atoms with Crippen LogP contribution in [0.2, 0.25) is 0 Å². The molecule has 4 rings (SSSR count). The second kappa shape index (κ2) is 6.60. The van der Waals surface area contributed by atoms with Crippen LogP contribution in [-0.4, -0.2) is 54.1 Å². The molecular weight excluding hydrogens is 369 g/mol. The average molecular weight is 401 g/mol. The molecule has 0 aromatic carbocycles. The monoisotopic (exact) mass is 401 g/mol. The highest BCUT2D eigenvalue weighted by Gasteiger charge is 2.57. The van der Waals surface area contributed by atoms with Crippen LogP contribution in [0.3, 0.4) is 0 Å². The van der Waals surface area contributed by atoms with Crippen molar-refractivity contribution in [3.63, 3.8) is 0 Å².